The van der Waals surface area contributed by atoms with E-state index in [1.54, 1.807) is 27.0 Å². The normalized spacial score (nSPS) is 13.4. The maximum atomic E-state index is 13.0. The van der Waals surface area contributed by atoms with Crippen molar-refractivity contribution in [3.05, 3.63) is 95.2 Å². The summed E-state index contributed by atoms with van der Waals surface area (Å²) < 4.78 is 12.5. The van der Waals surface area contributed by atoms with Gasteiger partial charge in [0, 0.05) is 23.9 Å². The highest BCUT2D eigenvalue weighted by atomic mass is 16.6. The van der Waals surface area contributed by atoms with Crippen LogP contribution in [0.15, 0.2) is 72.9 Å². The van der Waals surface area contributed by atoms with Crippen LogP contribution in [-0.4, -0.2) is 46.1 Å². The summed E-state index contributed by atoms with van der Waals surface area (Å²) in [5.74, 6) is -1.35. The number of hydrogen-bond acceptors (Lipinski definition) is 5. The van der Waals surface area contributed by atoms with Crippen molar-refractivity contribution in [1.82, 2.24) is 9.88 Å². The van der Waals surface area contributed by atoms with Crippen LogP contribution in [0.1, 0.15) is 48.9 Å². The molecule has 0 spiro atoms. The summed E-state index contributed by atoms with van der Waals surface area (Å²) in [6.45, 7) is 7.29. The number of carboxylic acids is 1. The molecular weight excluding hydrogens is 508 g/mol. The second kappa shape index (κ2) is 10.5. The van der Waals surface area contributed by atoms with Gasteiger partial charge in [0.25, 0.3) is 0 Å². The van der Waals surface area contributed by atoms with E-state index >= 15 is 0 Å². The van der Waals surface area contributed by atoms with E-state index in [2.05, 4.69) is 5.32 Å². The molecule has 40 heavy (non-hydrogen) atoms. The van der Waals surface area contributed by atoms with Gasteiger partial charge in [-0.1, -0.05) is 66.7 Å². The molecule has 1 atom stereocenters. The molecular formula is C32H32N2O6. The van der Waals surface area contributed by atoms with E-state index in [1.165, 1.54) is 4.57 Å². The second-order valence-electron chi connectivity index (χ2n) is 11.0. The summed E-state index contributed by atoms with van der Waals surface area (Å²) in [6, 6.07) is 20.3. The Morgan fingerprint density at radius 2 is 1.57 bits per heavy atom. The number of carboxylic acid groups (broad SMARTS) is 1. The van der Waals surface area contributed by atoms with Crippen LogP contribution in [0.5, 0.6) is 0 Å². The molecule has 0 radical (unpaired) electrons. The van der Waals surface area contributed by atoms with Crippen LogP contribution in [0.2, 0.25) is 0 Å². The number of alkyl carbamates (subject to hydrolysis) is 1. The number of para-hydroxylation sites is 1. The van der Waals surface area contributed by atoms with Crippen molar-refractivity contribution in [2.75, 3.05) is 6.61 Å². The van der Waals surface area contributed by atoms with Gasteiger partial charge in [-0.3, -0.25) is 4.57 Å². The van der Waals surface area contributed by atoms with Gasteiger partial charge in [-0.05, 0) is 61.1 Å². The fourth-order valence-corrected chi connectivity index (χ4v) is 5.35. The van der Waals surface area contributed by atoms with Crippen molar-refractivity contribution in [3.63, 3.8) is 0 Å². The lowest BCUT2D eigenvalue weighted by molar-refractivity contribution is -0.139. The van der Waals surface area contributed by atoms with E-state index in [0.717, 1.165) is 27.8 Å². The standard InChI is InChI=1S/C32H32N2O6/c1-19-10-9-15-21-20(17-34(28(19)21)31(38)40-32(2,3)4)16-27(29(35)36)33-30(37)39-18-26-24-13-7-5-11-22(24)23-12-6-8-14-25(23)26/h5-15,17,26-27H,16,18H2,1-4H3,(H,33,37)(H,35,36)/t27-/m1/s1. The van der Waals surface area contributed by atoms with Gasteiger partial charge in [-0.25, -0.2) is 14.4 Å². The van der Waals surface area contributed by atoms with E-state index in [9.17, 15) is 19.5 Å². The molecule has 0 saturated heterocycles. The van der Waals surface area contributed by atoms with Crippen LogP contribution in [0.25, 0.3) is 22.0 Å². The maximum absolute atomic E-state index is 13.0. The van der Waals surface area contributed by atoms with E-state index in [4.69, 9.17) is 9.47 Å². The van der Waals surface area contributed by atoms with Crippen LogP contribution in [0.3, 0.4) is 0 Å². The molecule has 5 rings (SSSR count). The van der Waals surface area contributed by atoms with Crippen molar-refractivity contribution in [2.24, 2.45) is 0 Å². The summed E-state index contributed by atoms with van der Waals surface area (Å²) in [5, 5.41) is 13.2. The third kappa shape index (κ3) is 5.30. The van der Waals surface area contributed by atoms with E-state index in [0.29, 0.717) is 16.5 Å². The Morgan fingerprint density at radius 1 is 0.950 bits per heavy atom. The lowest BCUT2D eigenvalue weighted by Crippen LogP contribution is -2.42. The Hall–Kier alpha value is -4.59. The Labute approximate surface area is 232 Å². The minimum absolute atomic E-state index is 0.0463. The monoisotopic (exact) mass is 540 g/mol. The van der Waals surface area contributed by atoms with Crippen LogP contribution in [-0.2, 0) is 20.7 Å². The molecule has 1 amide bonds. The molecule has 1 aliphatic rings. The minimum Gasteiger partial charge on any atom is -0.480 e. The Bertz CT molecular complexity index is 1570. The molecule has 0 saturated carbocycles. The fraction of sp³-hybridized carbons (Fsp3) is 0.281. The number of ether oxygens (including phenoxy) is 2. The fourth-order valence-electron chi connectivity index (χ4n) is 5.35. The first kappa shape index (κ1) is 27.0. The smallest absolute Gasteiger partial charge is 0.419 e. The molecule has 4 aromatic rings. The number of carbonyl (C=O) groups is 3. The van der Waals surface area contributed by atoms with Crippen molar-refractivity contribution < 1.29 is 29.0 Å². The van der Waals surface area contributed by atoms with Gasteiger partial charge in [0.2, 0.25) is 0 Å². The number of rotatable bonds is 6. The molecule has 1 aliphatic carbocycles. The molecule has 0 fully saturated rings. The number of amides is 1. The maximum Gasteiger partial charge on any atom is 0.419 e. The van der Waals surface area contributed by atoms with Gasteiger partial charge in [0.05, 0.1) is 5.52 Å². The average molecular weight is 541 g/mol. The number of nitrogens with one attached hydrogen (secondary N) is 1. The number of nitrogens with zero attached hydrogens (tertiary/aromatic N) is 1. The van der Waals surface area contributed by atoms with Crippen molar-refractivity contribution in [3.8, 4) is 11.1 Å². The van der Waals surface area contributed by atoms with Crippen LogP contribution in [0, 0.1) is 6.92 Å². The first-order valence-electron chi connectivity index (χ1n) is 13.2. The topological polar surface area (TPSA) is 107 Å². The summed E-state index contributed by atoms with van der Waals surface area (Å²) in [6.07, 6.45) is 0.159. The summed E-state index contributed by atoms with van der Waals surface area (Å²) in [7, 11) is 0. The highest BCUT2D eigenvalue weighted by Crippen LogP contribution is 2.44. The van der Waals surface area contributed by atoms with E-state index in [1.807, 2.05) is 73.7 Å². The van der Waals surface area contributed by atoms with Crippen LogP contribution >= 0.6 is 0 Å². The number of carbonyl (C=O) groups excluding carboxylic acids is 2. The number of aryl methyl sites for hydroxylation is 1. The molecule has 3 aromatic carbocycles. The number of hydrogen-bond donors (Lipinski definition) is 2. The first-order valence-corrected chi connectivity index (χ1v) is 13.2. The Morgan fingerprint density at radius 3 is 2.17 bits per heavy atom. The highest BCUT2D eigenvalue weighted by molar-refractivity contribution is 5.94. The molecule has 1 aromatic heterocycles. The SMILES string of the molecule is Cc1cccc2c(C[C@@H](NC(=O)OCC3c4ccccc4-c4ccccc43)C(=O)O)cn(C(=O)OC(C)(C)C)c12. The van der Waals surface area contributed by atoms with Gasteiger partial charge in [-0.15, -0.1) is 0 Å². The van der Waals surface area contributed by atoms with Gasteiger partial charge in [0.1, 0.15) is 18.2 Å². The van der Waals surface area contributed by atoms with Gasteiger partial charge in [0.15, 0.2) is 0 Å². The minimum atomic E-state index is -1.27. The zero-order valence-electron chi connectivity index (χ0n) is 22.9. The van der Waals surface area contributed by atoms with Gasteiger partial charge >= 0.3 is 18.2 Å². The zero-order valence-corrected chi connectivity index (χ0v) is 22.9. The third-order valence-electron chi connectivity index (χ3n) is 7.06. The zero-order chi connectivity index (χ0) is 28.6. The molecule has 1 heterocycles. The predicted octanol–water partition coefficient (Wildman–Crippen LogP) is 6.27. The molecule has 0 aliphatic heterocycles. The van der Waals surface area contributed by atoms with E-state index in [-0.39, 0.29) is 18.9 Å². The Balaban J connectivity index is 1.33. The molecule has 206 valence electrons. The van der Waals surface area contributed by atoms with Crippen LogP contribution < -0.4 is 5.32 Å². The largest absolute Gasteiger partial charge is 0.480 e. The summed E-state index contributed by atoms with van der Waals surface area (Å²) >= 11 is 0. The number of benzene rings is 3. The van der Waals surface area contributed by atoms with Crippen molar-refractivity contribution in [1.29, 1.82) is 0 Å². The van der Waals surface area contributed by atoms with Crippen molar-refractivity contribution >= 4 is 29.1 Å². The molecule has 2 N–H and O–H groups in total. The van der Waals surface area contributed by atoms with E-state index < -0.39 is 29.8 Å². The lowest BCUT2D eigenvalue weighted by atomic mass is 9.98. The Kier molecular flexibility index (Phi) is 7.10. The second-order valence-corrected chi connectivity index (χ2v) is 11.0. The van der Waals surface area contributed by atoms with Crippen LogP contribution in [0.4, 0.5) is 9.59 Å². The molecule has 8 nitrogen and oxygen atoms in total. The predicted molar refractivity (Wildman–Crippen MR) is 152 cm³/mol. The lowest BCUT2D eigenvalue weighted by Gasteiger charge is -2.20. The quantitative estimate of drug-likeness (QED) is 0.299. The third-order valence-corrected chi connectivity index (χ3v) is 7.06. The van der Waals surface area contributed by atoms with Gasteiger partial charge in [-0.2, -0.15) is 0 Å². The average Bonchev–Trinajstić information content (AvgIpc) is 3.43. The molecule has 8 heteroatoms. The molecule has 0 bridgehead atoms. The first-order chi connectivity index (χ1) is 19.0. The highest BCUT2D eigenvalue weighted by Gasteiger charge is 2.30. The van der Waals surface area contributed by atoms with Gasteiger partial charge < -0.3 is 19.9 Å². The number of fused-ring (bicyclic) bond motifs is 4. The summed E-state index contributed by atoms with van der Waals surface area (Å²) in [4.78, 5) is 38.0. The number of aliphatic carboxylic acids is 1. The molecule has 0 unspecified atom stereocenters. The van der Waals surface area contributed by atoms with Crippen molar-refractivity contribution in [2.45, 2.75) is 51.7 Å². The summed E-state index contributed by atoms with van der Waals surface area (Å²) in [5.41, 5.74) is 5.71. The number of aromatic nitrogens is 1.